The van der Waals surface area contributed by atoms with Crippen LogP contribution in [0, 0.1) is 13.8 Å². The number of imide groups is 1. The first-order valence-electron chi connectivity index (χ1n) is 11.4. The Morgan fingerprint density at radius 3 is 2.57 bits per heavy atom. The minimum Gasteiger partial charge on any atom is -0.490 e. The predicted octanol–water partition coefficient (Wildman–Crippen LogP) is 5.50. The van der Waals surface area contributed by atoms with Crippen LogP contribution in [0.25, 0.3) is 6.08 Å². The van der Waals surface area contributed by atoms with Crippen molar-refractivity contribution < 1.29 is 23.9 Å². The maximum atomic E-state index is 13.0. The van der Waals surface area contributed by atoms with Crippen LogP contribution in [-0.2, 0) is 16.0 Å². The van der Waals surface area contributed by atoms with Gasteiger partial charge >= 0.3 is 0 Å². The molecule has 0 unspecified atom stereocenters. The molecule has 0 atom stereocenters. The van der Waals surface area contributed by atoms with Crippen LogP contribution in [0.5, 0.6) is 11.5 Å². The Bertz CT molecular complexity index is 1190. The lowest BCUT2D eigenvalue weighted by molar-refractivity contribution is -0.127. The van der Waals surface area contributed by atoms with E-state index in [0.29, 0.717) is 42.4 Å². The first kappa shape index (κ1) is 26.1. The number of carbonyl (C=O) groups excluding carboxylic acids is 3. The van der Waals surface area contributed by atoms with E-state index in [2.05, 4.69) is 11.9 Å². The molecule has 3 amide bonds. The second kappa shape index (κ2) is 11.8. The van der Waals surface area contributed by atoms with Crippen molar-refractivity contribution in [2.24, 2.45) is 0 Å². The first-order chi connectivity index (χ1) is 16.8. The lowest BCUT2D eigenvalue weighted by atomic mass is 10.0. The molecule has 2 aromatic rings. The molecule has 7 nitrogen and oxygen atoms in total. The Labute approximate surface area is 210 Å². The number of amides is 3. The summed E-state index contributed by atoms with van der Waals surface area (Å²) >= 11 is 0.810. The summed E-state index contributed by atoms with van der Waals surface area (Å²) in [5.41, 5.74) is 4.19. The van der Waals surface area contributed by atoms with Gasteiger partial charge in [0, 0.05) is 11.3 Å². The fourth-order valence-corrected chi connectivity index (χ4v) is 4.49. The number of hydrogen-bond acceptors (Lipinski definition) is 6. The molecule has 184 valence electrons. The van der Waals surface area contributed by atoms with Crippen molar-refractivity contribution in [3.05, 3.63) is 70.1 Å². The second-order valence-corrected chi connectivity index (χ2v) is 8.92. The smallest absolute Gasteiger partial charge is 0.294 e. The molecule has 1 N–H and O–H groups in total. The van der Waals surface area contributed by atoms with E-state index < -0.39 is 17.1 Å². The third kappa shape index (κ3) is 6.14. The fourth-order valence-electron chi connectivity index (χ4n) is 3.65. The van der Waals surface area contributed by atoms with Crippen molar-refractivity contribution in [3.63, 3.8) is 0 Å². The van der Waals surface area contributed by atoms with Gasteiger partial charge in [-0.05, 0) is 86.8 Å². The Hall–Kier alpha value is -3.52. The zero-order valence-corrected chi connectivity index (χ0v) is 21.3. The standard InChI is InChI=1S/C27H30N2O5S/c1-6-10-20-13-19(14-22(33-7-2)25(20)34-8-3)15-23-26(31)29(27(32)35-23)16-24(30)28-21-12-9-11-17(4)18(21)5/h6,9,11-15H,1,7-8,10,16H2,2-5H3,(H,28,30)/b23-15+. The lowest BCUT2D eigenvalue weighted by Gasteiger charge is -2.16. The average molecular weight is 495 g/mol. The topological polar surface area (TPSA) is 84.9 Å². The number of nitrogens with zero attached hydrogens (tertiary/aromatic N) is 1. The van der Waals surface area contributed by atoms with Crippen LogP contribution in [0.15, 0.2) is 47.9 Å². The molecule has 1 fully saturated rings. The van der Waals surface area contributed by atoms with Gasteiger partial charge in [-0.15, -0.1) is 6.58 Å². The van der Waals surface area contributed by atoms with Crippen molar-refractivity contribution in [3.8, 4) is 11.5 Å². The summed E-state index contributed by atoms with van der Waals surface area (Å²) in [5.74, 6) is 0.262. The maximum Gasteiger partial charge on any atom is 0.294 e. The van der Waals surface area contributed by atoms with Gasteiger partial charge in [-0.1, -0.05) is 18.2 Å². The van der Waals surface area contributed by atoms with Gasteiger partial charge in [-0.2, -0.15) is 0 Å². The highest BCUT2D eigenvalue weighted by atomic mass is 32.2. The zero-order valence-electron chi connectivity index (χ0n) is 20.5. The first-order valence-corrected chi connectivity index (χ1v) is 12.3. The average Bonchev–Trinajstić information content (AvgIpc) is 3.06. The molecular formula is C27H30N2O5S. The molecular weight excluding hydrogens is 464 g/mol. The molecule has 1 saturated heterocycles. The van der Waals surface area contributed by atoms with Gasteiger partial charge in [0.05, 0.1) is 18.1 Å². The number of carbonyl (C=O) groups is 3. The van der Waals surface area contributed by atoms with Crippen LogP contribution in [-0.4, -0.2) is 41.7 Å². The van der Waals surface area contributed by atoms with Crippen LogP contribution >= 0.6 is 11.8 Å². The zero-order chi connectivity index (χ0) is 25.5. The Morgan fingerprint density at radius 2 is 1.89 bits per heavy atom. The maximum absolute atomic E-state index is 13.0. The molecule has 1 heterocycles. The molecule has 0 bridgehead atoms. The van der Waals surface area contributed by atoms with Crippen molar-refractivity contribution in [2.45, 2.75) is 34.1 Å². The molecule has 3 rings (SSSR count). The molecule has 0 aliphatic carbocycles. The Morgan fingerprint density at radius 1 is 1.14 bits per heavy atom. The van der Waals surface area contributed by atoms with E-state index in [0.717, 1.165) is 33.4 Å². The molecule has 0 saturated carbocycles. The number of anilines is 1. The number of rotatable bonds is 10. The number of ether oxygens (including phenoxy) is 2. The quantitative estimate of drug-likeness (QED) is 0.347. The van der Waals surface area contributed by atoms with E-state index in [1.165, 1.54) is 0 Å². The van der Waals surface area contributed by atoms with Crippen molar-refractivity contribution in [1.82, 2.24) is 4.90 Å². The number of thioether (sulfide) groups is 1. The molecule has 8 heteroatoms. The van der Waals surface area contributed by atoms with Gasteiger partial charge in [-0.3, -0.25) is 19.3 Å². The minimum absolute atomic E-state index is 0.241. The summed E-state index contributed by atoms with van der Waals surface area (Å²) in [6, 6.07) is 9.24. The summed E-state index contributed by atoms with van der Waals surface area (Å²) in [4.78, 5) is 39.3. The number of hydrogen-bond donors (Lipinski definition) is 1. The molecule has 35 heavy (non-hydrogen) atoms. The summed E-state index contributed by atoms with van der Waals surface area (Å²) in [6.45, 7) is 12.0. The molecule has 1 aliphatic rings. The van der Waals surface area contributed by atoms with Crippen LogP contribution in [0.2, 0.25) is 0 Å². The summed E-state index contributed by atoms with van der Waals surface area (Å²) < 4.78 is 11.6. The molecule has 0 spiro atoms. The molecule has 1 aliphatic heterocycles. The minimum atomic E-state index is -0.506. The predicted molar refractivity (Wildman–Crippen MR) is 140 cm³/mol. The number of nitrogens with one attached hydrogen (secondary N) is 1. The number of benzene rings is 2. The van der Waals surface area contributed by atoms with Gasteiger partial charge in [0.1, 0.15) is 6.54 Å². The van der Waals surface area contributed by atoms with Crippen LogP contribution < -0.4 is 14.8 Å². The van der Waals surface area contributed by atoms with E-state index in [1.54, 1.807) is 24.3 Å². The van der Waals surface area contributed by atoms with Gasteiger partial charge in [0.25, 0.3) is 11.1 Å². The van der Waals surface area contributed by atoms with Crippen molar-refractivity contribution >= 4 is 40.6 Å². The lowest BCUT2D eigenvalue weighted by Crippen LogP contribution is -2.36. The van der Waals surface area contributed by atoms with E-state index in [-0.39, 0.29) is 11.4 Å². The normalized spacial score (nSPS) is 14.4. The number of aryl methyl sites for hydroxylation is 1. The molecule has 2 aromatic carbocycles. The highest BCUT2D eigenvalue weighted by Crippen LogP contribution is 2.37. The monoisotopic (exact) mass is 494 g/mol. The van der Waals surface area contributed by atoms with Crippen molar-refractivity contribution in [2.75, 3.05) is 25.1 Å². The van der Waals surface area contributed by atoms with E-state index >= 15 is 0 Å². The second-order valence-electron chi connectivity index (χ2n) is 7.93. The van der Waals surface area contributed by atoms with Gasteiger partial charge in [0.2, 0.25) is 5.91 Å². The van der Waals surface area contributed by atoms with Crippen LogP contribution in [0.3, 0.4) is 0 Å². The third-order valence-corrected chi connectivity index (χ3v) is 6.37. The summed E-state index contributed by atoms with van der Waals surface area (Å²) in [7, 11) is 0. The Kier molecular flexibility index (Phi) is 8.76. The third-order valence-electron chi connectivity index (χ3n) is 5.46. The van der Waals surface area contributed by atoms with Gasteiger partial charge in [0.15, 0.2) is 11.5 Å². The van der Waals surface area contributed by atoms with Crippen molar-refractivity contribution in [1.29, 1.82) is 0 Å². The highest BCUT2D eigenvalue weighted by molar-refractivity contribution is 8.18. The van der Waals surface area contributed by atoms with E-state index in [9.17, 15) is 14.4 Å². The van der Waals surface area contributed by atoms with Gasteiger partial charge < -0.3 is 14.8 Å². The summed E-state index contributed by atoms with van der Waals surface area (Å²) in [5, 5.41) is 2.30. The largest absolute Gasteiger partial charge is 0.490 e. The van der Waals surface area contributed by atoms with Gasteiger partial charge in [-0.25, -0.2) is 0 Å². The Balaban J connectivity index is 1.83. The molecule has 0 radical (unpaired) electrons. The van der Waals surface area contributed by atoms with E-state index in [1.807, 2.05) is 45.9 Å². The van der Waals surface area contributed by atoms with E-state index in [4.69, 9.17) is 9.47 Å². The van der Waals surface area contributed by atoms with Crippen LogP contribution in [0.4, 0.5) is 10.5 Å². The SMILES string of the molecule is C=CCc1cc(/C=C2/SC(=O)N(CC(=O)Nc3cccc(C)c3C)C2=O)cc(OCC)c1OCC. The fraction of sp³-hybridized carbons (Fsp3) is 0.296. The van der Waals surface area contributed by atoms with Crippen LogP contribution in [0.1, 0.15) is 36.1 Å². The molecule has 0 aromatic heterocycles. The number of allylic oxidation sites excluding steroid dienone is 1. The summed E-state index contributed by atoms with van der Waals surface area (Å²) in [6.07, 6.45) is 3.95. The highest BCUT2D eigenvalue weighted by Gasteiger charge is 2.36.